The third kappa shape index (κ3) is 3.04. The lowest BCUT2D eigenvalue weighted by Gasteiger charge is -2.39. The van der Waals surface area contributed by atoms with E-state index in [9.17, 15) is 14.7 Å². The van der Waals surface area contributed by atoms with Crippen LogP contribution in [0, 0.1) is 0 Å². The summed E-state index contributed by atoms with van der Waals surface area (Å²) in [4.78, 5) is 26.3. The molecule has 0 fully saturated rings. The van der Waals surface area contributed by atoms with Gasteiger partial charge in [-0.2, -0.15) is 0 Å². The summed E-state index contributed by atoms with van der Waals surface area (Å²) in [5.41, 5.74) is 3.80. The molecule has 0 spiro atoms. The first-order chi connectivity index (χ1) is 13.5. The summed E-state index contributed by atoms with van der Waals surface area (Å²) in [6.45, 7) is -0.331. The molecular formula is C20H18BrN3O4. The third-order valence-electron chi connectivity index (χ3n) is 4.92. The molecule has 0 aliphatic carbocycles. The number of ether oxygens (including phenoxy) is 1. The first-order valence-electron chi connectivity index (χ1n) is 8.68. The lowest BCUT2D eigenvalue weighted by molar-refractivity contribution is -0.121. The Balaban J connectivity index is 1.86. The summed E-state index contributed by atoms with van der Waals surface area (Å²) < 4.78 is 6.05. The highest BCUT2D eigenvalue weighted by Crippen LogP contribution is 2.41. The molecule has 2 aliphatic heterocycles. The topological polar surface area (TPSA) is 90.9 Å². The highest BCUT2D eigenvalue weighted by atomic mass is 79.9. The molecule has 0 saturated carbocycles. The molecular weight excluding hydrogens is 426 g/mol. The number of rotatable bonds is 3. The first-order valence-corrected chi connectivity index (χ1v) is 9.47. The molecule has 0 radical (unpaired) electrons. The quantitative estimate of drug-likeness (QED) is 0.679. The van der Waals surface area contributed by atoms with E-state index in [4.69, 9.17) is 4.74 Å². The van der Waals surface area contributed by atoms with Crippen LogP contribution in [-0.4, -0.2) is 37.3 Å². The largest absolute Gasteiger partial charge is 0.496 e. The van der Waals surface area contributed by atoms with Gasteiger partial charge in [-0.25, -0.2) is 4.79 Å². The lowest BCUT2D eigenvalue weighted by Crippen LogP contribution is -2.49. The molecule has 2 heterocycles. The van der Waals surface area contributed by atoms with Gasteiger partial charge in [0.1, 0.15) is 12.4 Å². The maximum Gasteiger partial charge on any atom is 0.320 e. The van der Waals surface area contributed by atoms with E-state index in [2.05, 4.69) is 26.6 Å². The number of halogens is 1. The highest BCUT2D eigenvalue weighted by Gasteiger charge is 2.36. The molecule has 7 nitrogen and oxygen atoms in total. The van der Waals surface area contributed by atoms with Crippen molar-refractivity contribution in [3.63, 3.8) is 0 Å². The number of aliphatic hydroxyl groups excluding tert-OH is 1. The zero-order valence-electron chi connectivity index (χ0n) is 15.0. The van der Waals surface area contributed by atoms with Crippen LogP contribution in [-0.2, 0) is 4.79 Å². The van der Waals surface area contributed by atoms with Gasteiger partial charge in [-0.3, -0.25) is 4.79 Å². The summed E-state index contributed by atoms with van der Waals surface area (Å²) in [5, 5.41) is 15.2. The Kier molecular flexibility index (Phi) is 4.82. The van der Waals surface area contributed by atoms with E-state index in [0.29, 0.717) is 17.1 Å². The van der Waals surface area contributed by atoms with Crippen molar-refractivity contribution in [2.75, 3.05) is 25.2 Å². The summed E-state index contributed by atoms with van der Waals surface area (Å²) in [5.74, 6) is 0.287. The monoisotopic (exact) mass is 443 g/mol. The number of nitrogens with one attached hydrogen (secondary N) is 2. The molecule has 144 valence electrons. The van der Waals surface area contributed by atoms with Gasteiger partial charge in [0.05, 0.1) is 35.6 Å². The van der Waals surface area contributed by atoms with Crippen LogP contribution in [0.25, 0.3) is 5.70 Å². The van der Waals surface area contributed by atoms with E-state index in [1.807, 2.05) is 36.4 Å². The third-order valence-corrected chi connectivity index (χ3v) is 5.54. The van der Waals surface area contributed by atoms with Crippen LogP contribution < -0.4 is 20.3 Å². The number of aliphatic hydroxyl groups is 1. The second-order valence-corrected chi connectivity index (χ2v) is 7.34. The minimum Gasteiger partial charge on any atom is -0.496 e. The van der Waals surface area contributed by atoms with E-state index < -0.39 is 18.6 Å². The number of anilines is 1. The van der Waals surface area contributed by atoms with Crippen molar-refractivity contribution in [2.45, 2.75) is 6.04 Å². The molecule has 3 amide bonds. The number of benzene rings is 2. The maximum atomic E-state index is 12.4. The Bertz CT molecular complexity index is 1000. The molecule has 0 saturated heterocycles. The van der Waals surface area contributed by atoms with Crippen molar-refractivity contribution in [3.8, 4) is 5.75 Å². The highest BCUT2D eigenvalue weighted by molar-refractivity contribution is 9.10. The van der Waals surface area contributed by atoms with Crippen LogP contribution in [0.4, 0.5) is 10.5 Å². The van der Waals surface area contributed by atoms with Crippen molar-refractivity contribution in [1.29, 1.82) is 0 Å². The number of hydrogen-bond acceptors (Lipinski definition) is 4. The number of urea groups is 1. The van der Waals surface area contributed by atoms with Gasteiger partial charge in [-0.15, -0.1) is 0 Å². The summed E-state index contributed by atoms with van der Waals surface area (Å²) in [6, 6.07) is 12.2. The van der Waals surface area contributed by atoms with Gasteiger partial charge in [0.2, 0.25) is 0 Å². The van der Waals surface area contributed by atoms with E-state index >= 15 is 0 Å². The Hall–Kier alpha value is -2.84. The number of fused-ring (bicyclic) bond motifs is 2. The molecule has 1 unspecified atom stereocenters. The van der Waals surface area contributed by atoms with Crippen LogP contribution in [0.3, 0.4) is 0 Å². The Morgan fingerprint density at radius 3 is 2.82 bits per heavy atom. The standard InChI is InChI=1S/C20H18BrN3O4/c1-28-16-7-6-11(8-14(16)21)18-13-9-24(17(26)10-25)15-5-3-2-4-12(15)19(13)23-20(27)22-18/h2-8,18,25H,9-10H2,1H3,(H2,22,23,27). The summed E-state index contributed by atoms with van der Waals surface area (Å²) >= 11 is 3.48. The predicted octanol–water partition coefficient (Wildman–Crippen LogP) is 2.56. The van der Waals surface area contributed by atoms with Gasteiger partial charge in [0.15, 0.2) is 0 Å². The SMILES string of the molecule is COc1ccc(C2NC(=O)NC3=C2CN(C(=O)CO)c2ccccc23)cc1Br. The molecule has 0 bridgehead atoms. The number of methoxy groups -OCH3 is 1. The zero-order chi connectivity index (χ0) is 19.8. The zero-order valence-corrected chi connectivity index (χ0v) is 16.6. The normalized spacial score (nSPS) is 18.0. The Labute approximate surface area is 170 Å². The molecule has 2 aliphatic rings. The van der Waals surface area contributed by atoms with Crippen LogP contribution in [0.1, 0.15) is 17.2 Å². The van der Waals surface area contributed by atoms with Crippen molar-refractivity contribution >= 4 is 39.3 Å². The van der Waals surface area contributed by atoms with Crippen LogP contribution >= 0.6 is 15.9 Å². The fraction of sp³-hybridized carbons (Fsp3) is 0.200. The lowest BCUT2D eigenvalue weighted by atomic mass is 9.89. The first kappa shape index (κ1) is 18.5. The smallest absolute Gasteiger partial charge is 0.320 e. The van der Waals surface area contributed by atoms with Crippen LogP contribution in [0.15, 0.2) is 52.5 Å². The molecule has 2 aromatic rings. The van der Waals surface area contributed by atoms with Gasteiger partial charge >= 0.3 is 6.03 Å². The fourth-order valence-corrected chi connectivity index (χ4v) is 4.19. The average Bonchev–Trinajstić information content (AvgIpc) is 2.72. The van der Waals surface area contributed by atoms with Crippen molar-refractivity contribution in [1.82, 2.24) is 10.6 Å². The van der Waals surface area contributed by atoms with E-state index in [1.165, 1.54) is 0 Å². The summed E-state index contributed by atoms with van der Waals surface area (Å²) in [6.07, 6.45) is 0. The Morgan fingerprint density at radius 1 is 1.32 bits per heavy atom. The second kappa shape index (κ2) is 7.29. The van der Waals surface area contributed by atoms with Crippen molar-refractivity contribution in [3.05, 3.63) is 63.6 Å². The number of carbonyl (C=O) groups is 2. The van der Waals surface area contributed by atoms with Gasteiger partial charge in [-0.05, 0) is 39.7 Å². The Morgan fingerprint density at radius 2 is 2.11 bits per heavy atom. The molecule has 4 rings (SSSR count). The number of amides is 3. The molecule has 3 N–H and O–H groups in total. The van der Waals surface area contributed by atoms with Gasteiger partial charge < -0.3 is 25.4 Å². The predicted molar refractivity (Wildman–Crippen MR) is 108 cm³/mol. The van der Waals surface area contributed by atoms with E-state index in [-0.39, 0.29) is 12.6 Å². The van der Waals surface area contributed by atoms with Crippen molar-refractivity contribution < 1.29 is 19.4 Å². The average molecular weight is 444 g/mol. The molecule has 1 atom stereocenters. The van der Waals surface area contributed by atoms with Crippen molar-refractivity contribution in [2.24, 2.45) is 0 Å². The van der Waals surface area contributed by atoms with Crippen LogP contribution in [0.2, 0.25) is 0 Å². The molecule has 0 aromatic heterocycles. The minimum absolute atomic E-state index is 0.257. The second-order valence-electron chi connectivity index (χ2n) is 6.48. The van der Waals surface area contributed by atoms with E-state index in [1.54, 1.807) is 18.1 Å². The number of carbonyl (C=O) groups excluding carboxylic acids is 2. The summed E-state index contributed by atoms with van der Waals surface area (Å²) in [7, 11) is 1.59. The fourth-order valence-electron chi connectivity index (χ4n) is 3.63. The number of hydrogen-bond donors (Lipinski definition) is 3. The molecule has 2 aromatic carbocycles. The van der Waals surface area contributed by atoms with Gasteiger partial charge in [0, 0.05) is 11.1 Å². The molecule has 28 heavy (non-hydrogen) atoms. The number of para-hydroxylation sites is 1. The van der Waals surface area contributed by atoms with Gasteiger partial charge in [0.25, 0.3) is 5.91 Å². The van der Waals surface area contributed by atoms with Crippen LogP contribution in [0.5, 0.6) is 5.75 Å². The number of nitrogens with zero attached hydrogens (tertiary/aromatic N) is 1. The van der Waals surface area contributed by atoms with E-state index in [0.717, 1.165) is 21.2 Å². The minimum atomic E-state index is -0.588. The maximum absolute atomic E-state index is 12.4. The van der Waals surface area contributed by atoms with Gasteiger partial charge in [-0.1, -0.05) is 24.3 Å². The molecule has 8 heteroatoms.